The predicted molar refractivity (Wildman–Crippen MR) is 65.6 cm³/mol. The molecule has 0 aliphatic rings. The van der Waals surface area contributed by atoms with Crippen molar-refractivity contribution in [3.63, 3.8) is 0 Å². The van der Waals surface area contributed by atoms with Crippen molar-refractivity contribution in [3.8, 4) is 11.3 Å². The lowest BCUT2D eigenvalue weighted by molar-refractivity contribution is 0.439. The molecule has 0 atom stereocenters. The lowest BCUT2D eigenvalue weighted by Gasteiger charge is -1.98. The van der Waals surface area contributed by atoms with E-state index in [0.717, 1.165) is 16.5 Å². The van der Waals surface area contributed by atoms with Gasteiger partial charge in [-0.05, 0) is 6.07 Å². The number of fused-ring (bicyclic) bond motifs is 1. The summed E-state index contributed by atoms with van der Waals surface area (Å²) in [6, 6.07) is 7.44. The highest BCUT2D eigenvalue weighted by Gasteiger charge is 2.14. The number of hydrogen-bond acceptors (Lipinski definition) is 4. The molecular weight excluding hydrogens is 240 g/mol. The first-order chi connectivity index (χ1) is 8.16. The molecule has 0 fully saturated rings. The van der Waals surface area contributed by atoms with E-state index in [1.165, 1.54) is 0 Å². The standard InChI is InChI=1S/C11H9ClN4O/c1-16-8-4-2-3-6(10(8)11(12)14-16)7-5-9(13)17-15-7/h2-5H,13H2,1H3. The van der Waals surface area contributed by atoms with Gasteiger partial charge in [0.25, 0.3) is 0 Å². The molecule has 17 heavy (non-hydrogen) atoms. The highest BCUT2D eigenvalue weighted by molar-refractivity contribution is 6.35. The summed E-state index contributed by atoms with van der Waals surface area (Å²) in [5.74, 6) is 0.275. The lowest BCUT2D eigenvalue weighted by atomic mass is 10.1. The Bertz CT molecular complexity index is 701. The highest BCUT2D eigenvalue weighted by Crippen LogP contribution is 2.33. The van der Waals surface area contributed by atoms with Gasteiger partial charge in [-0.2, -0.15) is 5.10 Å². The summed E-state index contributed by atoms with van der Waals surface area (Å²) in [5, 5.41) is 9.36. The predicted octanol–water partition coefficient (Wildman–Crippen LogP) is 2.46. The second-order valence-electron chi connectivity index (χ2n) is 3.73. The first kappa shape index (κ1) is 10.2. The molecule has 2 N–H and O–H groups in total. The molecule has 86 valence electrons. The van der Waals surface area contributed by atoms with Gasteiger partial charge in [-0.1, -0.05) is 28.9 Å². The van der Waals surface area contributed by atoms with Crippen LogP contribution in [0.4, 0.5) is 5.88 Å². The maximum Gasteiger partial charge on any atom is 0.222 e. The van der Waals surface area contributed by atoms with Crippen LogP contribution in [0.15, 0.2) is 28.8 Å². The van der Waals surface area contributed by atoms with E-state index in [-0.39, 0.29) is 5.88 Å². The molecule has 0 aliphatic carbocycles. The first-order valence-electron chi connectivity index (χ1n) is 5.00. The van der Waals surface area contributed by atoms with Gasteiger partial charge in [0, 0.05) is 24.1 Å². The maximum absolute atomic E-state index is 6.12. The van der Waals surface area contributed by atoms with Crippen LogP contribution in [0.25, 0.3) is 22.2 Å². The van der Waals surface area contributed by atoms with Gasteiger partial charge < -0.3 is 10.3 Å². The van der Waals surface area contributed by atoms with Crippen LogP contribution < -0.4 is 5.73 Å². The van der Waals surface area contributed by atoms with Crippen molar-refractivity contribution in [3.05, 3.63) is 29.4 Å². The fraction of sp³-hybridized carbons (Fsp3) is 0.0909. The van der Waals surface area contributed by atoms with Crippen LogP contribution in [0.5, 0.6) is 0 Å². The minimum Gasteiger partial charge on any atom is -0.368 e. The van der Waals surface area contributed by atoms with E-state index in [1.807, 2.05) is 25.2 Å². The van der Waals surface area contributed by atoms with Crippen LogP contribution in [-0.2, 0) is 7.05 Å². The van der Waals surface area contributed by atoms with E-state index >= 15 is 0 Å². The minimum absolute atomic E-state index is 0.275. The van der Waals surface area contributed by atoms with Gasteiger partial charge in [0.1, 0.15) is 5.69 Å². The van der Waals surface area contributed by atoms with Crippen LogP contribution in [0.1, 0.15) is 0 Å². The third kappa shape index (κ3) is 1.47. The Balaban J connectivity index is 2.37. The molecule has 2 heterocycles. The molecule has 0 aliphatic heterocycles. The van der Waals surface area contributed by atoms with E-state index in [2.05, 4.69) is 10.3 Å². The lowest BCUT2D eigenvalue weighted by Crippen LogP contribution is -1.88. The minimum atomic E-state index is 0.275. The van der Waals surface area contributed by atoms with Crippen molar-refractivity contribution < 1.29 is 4.52 Å². The van der Waals surface area contributed by atoms with Crippen molar-refractivity contribution >= 4 is 28.4 Å². The number of nitrogens with two attached hydrogens (primary N) is 1. The summed E-state index contributed by atoms with van der Waals surface area (Å²) in [7, 11) is 1.84. The molecule has 0 saturated heterocycles. The molecule has 0 spiro atoms. The van der Waals surface area contributed by atoms with Crippen LogP contribution >= 0.6 is 11.6 Å². The number of anilines is 1. The highest BCUT2D eigenvalue weighted by atomic mass is 35.5. The Morgan fingerprint density at radius 2 is 2.24 bits per heavy atom. The molecular formula is C11H9ClN4O. The number of rotatable bonds is 1. The smallest absolute Gasteiger partial charge is 0.222 e. The quantitative estimate of drug-likeness (QED) is 0.718. The van der Waals surface area contributed by atoms with Crippen molar-refractivity contribution in [2.24, 2.45) is 7.05 Å². The van der Waals surface area contributed by atoms with E-state index in [9.17, 15) is 0 Å². The van der Waals surface area contributed by atoms with Gasteiger partial charge in [-0.25, -0.2) is 0 Å². The zero-order valence-electron chi connectivity index (χ0n) is 9.01. The van der Waals surface area contributed by atoms with Gasteiger partial charge in [0.2, 0.25) is 5.88 Å². The van der Waals surface area contributed by atoms with Crippen LogP contribution in [0.3, 0.4) is 0 Å². The number of halogens is 1. The molecule has 3 rings (SSSR count). The third-order valence-electron chi connectivity index (χ3n) is 2.64. The fourth-order valence-electron chi connectivity index (χ4n) is 1.89. The molecule has 0 unspecified atom stereocenters. The molecule has 3 aromatic rings. The summed E-state index contributed by atoms with van der Waals surface area (Å²) in [6.45, 7) is 0. The van der Waals surface area contributed by atoms with Crippen molar-refractivity contribution in [2.75, 3.05) is 5.73 Å². The molecule has 0 saturated carbocycles. The van der Waals surface area contributed by atoms with E-state index < -0.39 is 0 Å². The van der Waals surface area contributed by atoms with E-state index in [0.29, 0.717) is 10.8 Å². The normalized spacial score (nSPS) is 11.2. The Hall–Kier alpha value is -2.01. The van der Waals surface area contributed by atoms with Gasteiger partial charge in [0.05, 0.1) is 5.52 Å². The Kier molecular flexibility index (Phi) is 2.09. The van der Waals surface area contributed by atoms with E-state index in [1.54, 1.807) is 10.7 Å². The second-order valence-corrected chi connectivity index (χ2v) is 4.09. The summed E-state index contributed by atoms with van der Waals surface area (Å²) < 4.78 is 6.60. The summed E-state index contributed by atoms with van der Waals surface area (Å²) in [6.07, 6.45) is 0. The van der Waals surface area contributed by atoms with Gasteiger partial charge in [-0.15, -0.1) is 0 Å². The zero-order chi connectivity index (χ0) is 12.0. The van der Waals surface area contributed by atoms with Gasteiger partial charge in [0.15, 0.2) is 5.15 Å². The van der Waals surface area contributed by atoms with Crippen molar-refractivity contribution in [2.45, 2.75) is 0 Å². The van der Waals surface area contributed by atoms with Crippen molar-refractivity contribution in [1.29, 1.82) is 0 Å². The average Bonchev–Trinajstić information content (AvgIpc) is 2.85. The summed E-state index contributed by atoms with van der Waals surface area (Å²) in [5.41, 5.74) is 7.98. The second kappa shape index (κ2) is 3.49. The third-order valence-corrected chi connectivity index (χ3v) is 2.90. The number of nitrogens with zero attached hydrogens (tertiary/aromatic N) is 3. The molecule has 1 aromatic carbocycles. The average molecular weight is 249 g/mol. The number of nitrogen functional groups attached to an aromatic ring is 1. The van der Waals surface area contributed by atoms with Crippen LogP contribution in [-0.4, -0.2) is 14.9 Å². The number of aromatic nitrogens is 3. The molecule has 5 nitrogen and oxygen atoms in total. The van der Waals surface area contributed by atoms with Crippen LogP contribution in [0.2, 0.25) is 5.15 Å². The Morgan fingerprint density at radius 1 is 1.41 bits per heavy atom. The molecule has 2 aromatic heterocycles. The molecule has 6 heteroatoms. The monoisotopic (exact) mass is 248 g/mol. The Morgan fingerprint density at radius 3 is 2.94 bits per heavy atom. The van der Waals surface area contributed by atoms with Crippen LogP contribution in [0, 0.1) is 0 Å². The topological polar surface area (TPSA) is 69.9 Å². The molecule has 0 radical (unpaired) electrons. The van der Waals surface area contributed by atoms with Gasteiger partial charge in [-0.3, -0.25) is 4.68 Å². The largest absolute Gasteiger partial charge is 0.368 e. The van der Waals surface area contributed by atoms with Gasteiger partial charge >= 0.3 is 0 Å². The van der Waals surface area contributed by atoms with Crippen molar-refractivity contribution in [1.82, 2.24) is 14.9 Å². The Labute approximate surface area is 102 Å². The fourth-order valence-corrected chi connectivity index (χ4v) is 2.20. The number of aryl methyl sites for hydroxylation is 1. The number of benzene rings is 1. The molecule has 0 amide bonds. The zero-order valence-corrected chi connectivity index (χ0v) is 9.77. The summed E-state index contributed by atoms with van der Waals surface area (Å²) in [4.78, 5) is 0. The maximum atomic E-state index is 6.12. The molecule has 0 bridgehead atoms. The number of hydrogen-bond donors (Lipinski definition) is 1. The van der Waals surface area contributed by atoms with E-state index in [4.69, 9.17) is 21.9 Å². The summed E-state index contributed by atoms with van der Waals surface area (Å²) >= 11 is 6.12. The SMILES string of the molecule is Cn1nc(Cl)c2c(-c3cc(N)on3)cccc21. The first-order valence-corrected chi connectivity index (χ1v) is 5.38.